The molecule has 0 saturated carbocycles. The van der Waals surface area contributed by atoms with E-state index in [2.05, 4.69) is 46.0 Å². The van der Waals surface area contributed by atoms with E-state index in [9.17, 15) is 4.79 Å². The van der Waals surface area contributed by atoms with Crippen molar-refractivity contribution in [3.8, 4) is 11.8 Å². The predicted molar refractivity (Wildman–Crippen MR) is 122 cm³/mol. The molecule has 31 heavy (non-hydrogen) atoms. The highest BCUT2D eigenvalue weighted by molar-refractivity contribution is 5.99. The fourth-order valence-electron chi connectivity index (χ4n) is 4.13. The molecule has 0 bridgehead atoms. The summed E-state index contributed by atoms with van der Waals surface area (Å²) in [5.74, 6) is 6.53. The summed E-state index contributed by atoms with van der Waals surface area (Å²) in [4.78, 5) is 21.3. The second-order valence-corrected chi connectivity index (χ2v) is 8.14. The molecule has 2 aromatic carbocycles. The molecule has 2 aromatic heterocycles. The van der Waals surface area contributed by atoms with E-state index in [0.29, 0.717) is 17.3 Å². The molecular formula is C25H23N5O. The first-order chi connectivity index (χ1) is 15.1. The van der Waals surface area contributed by atoms with Crippen LogP contribution >= 0.6 is 0 Å². The van der Waals surface area contributed by atoms with Crippen molar-refractivity contribution in [2.75, 3.05) is 27.2 Å². The summed E-state index contributed by atoms with van der Waals surface area (Å²) in [6.45, 7) is 1.55. The Morgan fingerprint density at radius 2 is 2.06 bits per heavy atom. The van der Waals surface area contributed by atoms with Crippen molar-refractivity contribution in [1.82, 2.24) is 25.0 Å². The Morgan fingerprint density at radius 1 is 1.16 bits per heavy atom. The van der Waals surface area contributed by atoms with Gasteiger partial charge in [-0.25, -0.2) is 0 Å². The number of amides is 1. The average molecular weight is 409 g/mol. The summed E-state index contributed by atoms with van der Waals surface area (Å²) in [6, 6.07) is 14.0. The molecule has 5 rings (SSSR count). The van der Waals surface area contributed by atoms with Crippen LogP contribution in [-0.2, 0) is 0 Å². The summed E-state index contributed by atoms with van der Waals surface area (Å²) in [5.41, 5.74) is 3.12. The summed E-state index contributed by atoms with van der Waals surface area (Å²) >= 11 is 0. The molecule has 1 saturated heterocycles. The van der Waals surface area contributed by atoms with Gasteiger partial charge in [0.1, 0.15) is 5.69 Å². The molecular weight excluding hydrogens is 386 g/mol. The van der Waals surface area contributed by atoms with Crippen LogP contribution in [0.1, 0.15) is 28.0 Å². The normalized spacial score (nSPS) is 16.1. The number of hydrogen-bond donors (Lipinski definition) is 1. The molecule has 0 radical (unpaired) electrons. The lowest BCUT2D eigenvalue weighted by Gasteiger charge is -2.20. The van der Waals surface area contributed by atoms with Crippen LogP contribution in [0.4, 0.5) is 0 Å². The van der Waals surface area contributed by atoms with E-state index in [0.717, 1.165) is 46.7 Å². The smallest absolute Gasteiger partial charge is 0.253 e. The van der Waals surface area contributed by atoms with Gasteiger partial charge in [-0.05, 0) is 56.8 Å². The molecule has 1 unspecified atom stereocenters. The number of likely N-dealkylation sites (tertiary alicyclic amines) is 1. The molecule has 1 aliphatic rings. The Hall–Kier alpha value is -3.69. The standard InChI is InChI=1S/C25H23N5O/c1-29(2)20-11-13-30(16-20)25(31)18-7-9-24-22(14-18)23(27-28-24)8-6-17-4-3-5-19-15-26-12-10-21(17)19/h3-5,7,9-10,12,14-15,20H,11,13,16H2,1-2H3,(H,27,28). The van der Waals surface area contributed by atoms with Gasteiger partial charge in [-0.3, -0.25) is 14.9 Å². The van der Waals surface area contributed by atoms with E-state index in [1.807, 2.05) is 53.6 Å². The Morgan fingerprint density at radius 3 is 2.90 bits per heavy atom. The number of H-pyrrole nitrogens is 1. The third-order valence-electron chi connectivity index (χ3n) is 5.98. The van der Waals surface area contributed by atoms with E-state index >= 15 is 0 Å². The molecule has 0 aliphatic carbocycles. The highest BCUT2D eigenvalue weighted by Gasteiger charge is 2.28. The van der Waals surface area contributed by atoms with Gasteiger partial charge in [0, 0.05) is 58.8 Å². The molecule has 1 atom stereocenters. The van der Waals surface area contributed by atoms with Crippen LogP contribution in [0.25, 0.3) is 21.7 Å². The van der Waals surface area contributed by atoms with Crippen LogP contribution in [0.2, 0.25) is 0 Å². The fourth-order valence-corrected chi connectivity index (χ4v) is 4.13. The zero-order chi connectivity index (χ0) is 21.4. The lowest BCUT2D eigenvalue weighted by atomic mass is 10.1. The molecule has 1 N–H and O–H groups in total. The van der Waals surface area contributed by atoms with Crippen LogP contribution in [0.5, 0.6) is 0 Å². The monoisotopic (exact) mass is 409 g/mol. The van der Waals surface area contributed by atoms with Crippen molar-refractivity contribution < 1.29 is 4.79 Å². The van der Waals surface area contributed by atoms with Crippen LogP contribution in [0, 0.1) is 11.8 Å². The summed E-state index contributed by atoms with van der Waals surface area (Å²) < 4.78 is 0. The van der Waals surface area contributed by atoms with Gasteiger partial charge in [-0.15, -0.1) is 0 Å². The van der Waals surface area contributed by atoms with Gasteiger partial charge in [0.2, 0.25) is 0 Å². The molecule has 1 aliphatic heterocycles. The van der Waals surface area contributed by atoms with Gasteiger partial charge >= 0.3 is 0 Å². The molecule has 6 heteroatoms. The van der Waals surface area contributed by atoms with Crippen LogP contribution in [0.3, 0.4) is 0 Å². The van der Waals surface area contributed by atoms with Crippen molar-refractivity contribution >= 4 is 27.6 Å². The van der Waals surface area contributed by atoms with Crippen LogP contribution < -0.4 is 0 Å². The van der Waals surface area contributed by atoms with Crippen molar-refractivity contribution in [2.45, 2.75) is 12.5 Å². The molecule has 3 heterocycles. The minimum Gasteiger partial charge on any atom is -0.337 e. The predicted octanol–water partition coefficient (Wildman–Crippen LogP) is 3.29. The van der Waals surface area contributed by atoms with E-state index in [-0.39, 0.29) is 5.91 Å². The van der Waals surface area contributed by atoms with Gasteiger partial charge in [-0.1, -0.05) is 18.1 Å². The number of carbonyl (C=O) groups excluding carboxylic acids is 1. The highest BCUT2D eigenvalue weighted by atomic mass is 16.2. The van der Waals surface area contributed by atoms with Crippen molar-refractivity contribution in [3.63, 3.8) is 0 Å². The van der Waals surface area contributed by atoms with E-state index in [1.54, 1.807) is 6.20 Å². The first-order valence-corrected chi connectivity index (χ1v) is 10.4. The molecule has 0 spiro atoms. The third-order valence-corrected chi connectivity index (χ3v) is 5.98. The molecule has 1 fully saturated rings. The minimum atomic E-state index is 0.0629. The maximum atomic E-state index is 13.1. The molecule has 154 valence electrons. The lowest BCUT2D eigenvalue weighted by Crippen LogP contribution is -2.34. The number of likely N-dealkylation sites (N-methyl/N-ethyl adjacent to an activating group) is 1. The number of pyridine rings is 1. The average Bonchev–Trinajstić information content (AvgIpc) is 3.44. The van der Waals surface area contributed by atoms with E-state index < -0.39 is 0 Å². The highest BCUT2D eigenvalue weighted by Crippen LogP contribution is 2.22. The number of nitrogens with zero attached hydrogens (tertiary/aromatic N) is 4. The molecule has 1 amide bonds. The van der Waals surface area contributed by atoms with E-state index in [4.69, 9.17) is 0 Å². The minimum absolute atomic E-state index is 0.0629. The second-order valence-electron chi connectivity index (χ2n) is 8.14. The topological polar surface area (TPSA) is 65.1 Å². The number of carbonyl (C=O) groups is 1. The third kappa shape index (κ3) is 3.65. The van der Waals surface area contributed by atoms with Crippen LogP contribution in [0.15, 0.2) is 54.9 Å². The largest absolute Gasteiger partial charge is 0.337 e. The Bertz CT molecular complexity index is 1340. The zero-order valence-corrected chi connectivity index (χ0v) is 17.6. The Kier molecular flexibility index (Phi) is 4.89. The van der Waals surface area contributed by atoms with E-state index in [1.165, 1.54) is 0 Å². The van der Waals surface area contributed by atoms with Crippen LogP contribution in [-0.4, -0.2) is 64.1 Å². The van der Waals surface area contributed by atoms with Gasteiger partial charge in [0.05, 0.1) is 5.52 Å². The Labute approximate surface area is 180 Å². The van der Waals surface area contributed by atoms with Crippen molar-refractivity contribution in [3.05, 3.63) is 71.7 Å². The first kappa shape index (κ1) is 19.3. The second kappa shape index (κ2) is 7.86. The van der Waals surface area contributed by atoms with Crippen molar-refractivity contribution in [2.24, 2.45) is 0 Å². The summed E-state index contributed by atoms with van der Waals surface area (Å²) in [6.07, 6.45) is 4.61. The quantitative estimate of drug-likeness (QED) is 0.516. The number of rotatable bonds is 2. The fraction of sp³-hybridized carbons (Fsp3) is 0.240. The molecule has 6 nitrogen and oxygen atoms in total. The van der Waals surface area contributed by atoms with Gasteiger partial charge < -0.3 is 9.80 Å². The lowest BCUT2D eigenvalue weighted by molar-refractivity contribution is 0.0783. The van der Waals surface area contributed by atoms with Crippen molar-refractivity contribution in [1.29, 1.82) is 0 Å². The maximum absolute atomic E-state index is 13.1. The first-order valence-electron chi connectivity index (χ1n) is 10.4. The number of benzene rings is 2. The van der Waals surface area contributed by atoms with Gasteiger partial charge in [0.25, 0.3) is 5.91 Å². The number of aromatic nitrogens is 3. The van der Waals surface area contributed by atoms with Gasteiger partial charge in [-0.2, -0.15) is 5.10 Å². The van der Waals surface area contributed by atoms with Gasteiger partial charge in [0.15, 0.2) is 0 Å². The summed E-state index contributed by atoms with van der Waals surface area (Å²) in [5, 5.41) is 10.4. The maximum Gasteiger partial charge on any atom is 0.253 e. The summed E-state index contributed by atoms with van der Waals surface area (Å²) in [7, 11) is 4.13. The number of hydrogen-bond acceptors (Lipinski definition) is 4. The SMILES string of the molecule is CN(C)C1CCN(C(=O)c2ccc3n[nH]c(C#Cc4cccc5cnccc45)c3c2)C1. The number of nitrogens with one attached hydrogen (secondary N) is 1. The molecule has 4 aromatic rings. The number of fused-ring (bicyclic) bond motifs is 2. The zero-order valence-electron chi connectivity index (χ0n) is 17.6. The Balaban J connectivity index is 1.47. The number of aromatic amines is 1.